The van der Waals surface area contributed by atoms with Gasteiger partial charge in [-0.3, -0.25) is 10.1 Å². The molecule has 116 valence electrons. The Morgan fingerprint density at radius 2 is 2.38 bits per heavy atom. The van der Waals surface area contributed by atoms with Crippen molar-refractivity contribution in [2.45, 2.75) is 26.4 Å². The average Bonchev–Trinajstić information content (AvgIpc) is 2.99. The molecule has 0 aliphatic carbocycles. The number of nitro benzene ring substituents is 1. The molecule has 1 N–H and O–H groups in total. The van der Waals surface area contributed by atoms with Crippen LogP contribution >= 0.6 is 0 Å². The van der Waals surface area contributed by atoms with Crippen LogP contribution < -0.4 is 5.32 Å². The van der Waals surface area contributed by atoms with E-state index in [4.69, 9.17) is 9.47 Å². The second-order valence-corrected chi connectivity index (χ2v) is 5.28. The van der Waals surface area contributed by atoms with Crippen molar-refractivity contribution in [1.82, 2.24) is 0 Å². The van der Waals surface area contributed by atoms with Crippen LogP contribution in [0.5, 0.6) is 0 Å². The Morgan fingerprint density at radius 3 is 3.05 bits per heavy atom. The molecule has 21 heavy (non-hydrogen) atoms. The summed E-state index contributed by atoms with van der Waals surface area (Å²) in [6.45, 7) is 5.33. The van der Waals surface area contributed by atoms with Gasteiger partial charge in [-0.1, -0.05) is 13.0 Å². The summed E-state index contributed by atoms with van der Waals surface area (Å²) in [5.74, 6) is 0.450. The molecule has 1 aliphatic rings. The van der Waals surface area contributed by atoms with Crippen molar-refractivity contribution in [2.75, 3.05) is 31.7 Å². The summed E-state index contributed by atoms with van der Waals surface area (Å²) in [6, 6.07) is 5.21. The van der Waals surface area contributed by atoms with E-state index in [1.54, 1.807) is 12.1 Å². The number of anilines is 1. The molecule has 1 aromatic carbocycles. The number of hydrogen-bond donors (Lipinski definition) is 1. The Bertz CT molecular complexity index is 473. The molecule has 0 saturated carbocycles. The molecule has 1 unspecified atom stereocenters. The van der Waals surface area contributed by atoms with E-state index < -0.39 is 0 Å². The summed E-state index contributed by atoms with van der Waals surface area (Å²) in [4.78, 5) is 10.8. The lowest BCUT2D eigenvalue weighted by atomic mass is 10.1. The second kappa shape index (κ2) is 7.95. The van der Waals surface area contributed by atoms with Gasteiger partial charge in [0, 0.05) is 25.1 Å². The molecular formula is C15H22N2O4. The van der Waals surface area contributed by atoms with Crippen molar-refractivity contribution in [2.24, 2.45) is 5.92 Å². The van der Waals surface area contributed by atoms with Crippen molar-refractivity contribution in [3.63, 3.8) is 0 Å². The number of nitrogens with zero attached hydrogens (tertiary/aromatic N) is 1. The van der Waals surface area contributed by atoms with E-state index in [1.807, 2.05) is 13.0 Å². The maximum atomic E-state index is 11.1. The van der Waals surface area contributed by atoms with Gasteiger partial charge in [0.25, 0.3) is 5.69 Å². The van der Waals surface area contributed by atoms with E-state index in [2.05, 4.69) is 5.32 Å². The fourth-order valence-electron chi connectivity index (χ4n) is 2.29. The van der Waals surface area contributed by atoms with Gasteiger partial charge in [-0.05, 0) is 24.5 Å². The highest BCUT2D eigenvalue weighted by Gasteiger charge is 2.17. The first-order valence-electron chi connectivity index (χ1n) is 7.37. The van der Waals surface area contributed by atoms with Gasteiger partial charge in [0.1, 0.15) is 5.69 Å². The third-order valence-corrected chi connectivity index (χ3v) is 3.47. The molecule has 2 rings (SSSR count). The monoisotopic (exact) mass is 294 g/mol. The minimum absolute atomic E-state index is 0.105. The molecule has 0 radical (unpaired) electrons. The van der Waals surface area contributed by atoms with Crippen LogP contribution in [0.2, 0.25) is 0 Å². The quantitative estimate of drug-likeness (QED) is 0.589. The third kappa shape index (κ3) is 4.68. The Kier molecular flexibility index (Phi) is 5.95. The topological polar surface area (TPSA) is 73.6 Å². The van der Waals surface area contributed by atoms with Gasteiger partial charge in [-0.2, -0.15) is 0 Å². The zero-order chi connectivity index (χ0) is 15.1. The van der Waals surface area contributed by atoms with E-state index in [9.17, 15) is 10.1 Å². The molecule has 1 aromatic rings. The maximum absolute atomic E-state index is 11.1. The lowest BCUT2D eigenvalue weighted by Gasteiger charge is -2.10. The molecule has 1 fully saturated rings. The summed E-state index contributed by atoms with van der Waals surface area (Å²) >= 11 is 0. The molecular weight excluding hydrogens is 272 g/mol. The zero-order valence-electron chi connectivity index (χ0n) is 12.3. The highest BCUT2D eigenvalue weighted by molar-refractivity contribution is 5.62. The van der Waals surface area contributed by atoms with E-state index in [0.717, 1.165) is 38.2 Å². The van der Waals surface area contributed by atoms with E-state index >= 15 is 0 Å². The van der Waals surface area contributed by atoms with Crippen LogP contribution in [0.4, 0.5) is 11.4 Å². The molecule has 1 saturated heterocycles. The fourth-order valence-corrected chi connectivity index (χ4v) is 2.29. The number of hydrogen-bond acceptors (Lipinski definition) is 5. The number of nitro groups is 1. The highest BCUT2D eigenvalue weighted by atomic mass is 16.6. The Labute approximate surface area is 124 Å². The van der Waals surface area contributed by atoms with Crippen molar-refractivity contribution in [1.29, 1.82) is 0 Å². The van der Waals surface area contributed by atoms with Gasteiger partial charge in [0.15, 0.2) is 0 Å². The van der Waals surface area contributed by atoms with Gasteiger partial charge in [-0.25, -0.2) is 0 Å². The summed E-state index contributed by atoms with van der Waals surface area (Å²) < 4.78 is 10.9. The van der Waals surface area contributed by atoms with Crippen LogP contribution in [0, 0.1) is 16.0 Å². The molecule has 1 aliphatic heterocycles. The van der Waals surface area contributed by atoms with E-state index in [1.165, 1.54) is 0 Å². The fraction of sp³-hybridized carbons (Fsp3) is 0.600. The van der Waals surface area contributed by atoms with Crippen LogP contribution in [0.3, 0.4) is 0 Å². The minimum atomic E-state index is -0.355. The maximum Gasteiger partial charge on any atom is 0.292 e. The van der Waals surface area contributed by atoms with Gasteiger partial charge in [0.2, 0.25) is 0 Å². The summed E-state index contributed by atoms with van der Waals surface area (Å²) in [7, 11) is 0. The standard InChI is InChI=1S/C15H22N2O4/c1-2-6-16-14-4-3-12(8-15(14)17(18)19)9-21-11-13-5-7-20-10-13/h3-4,8,13,16H,2,5-7,9-11H2,1H3. The molecule has 6 heteroatoms. The second-order valence-electron chi connectivity index (χ2n) is 5.28. The first kappa shape index (κ1) is 15.7. The molecule has 0 amide bonds. The first-order valence-corrected chi connectivity index (χ1v) is 7.37. The average molecular weight is 294 g/mol. The number of benzene rings is 1. The number of nitrogens with one attached hydrogen (secondary N) is 1. The number of ether oxygens (including phenoxy) is 2. The van der Waals surface area contributed by atoms with Crippen LogP contribution in [0.25, 0.3) is 0 Å². The summed E-state index contributed by atoms with van der Waals surface area (Å²) in [5.41, 5.74) is 1.49. The van der Waals surface area contributed by atoms with Gasteiger partial charge in [0.05, 0.1) is 24.7 Å². The summed E-state index contributed by atoms with van der Waals surface area (Å²) in [5, 5.41) is 14.2. The van der Waals surface area contributed by atoms with Crippen molar-refractivity contribution in [3.05, 3.63) is 33.9 Å². The van der Waals surface area contributed by atoms with Crippen LogP contribution in [-0.2, 0) is 16.1 Å². The van der Waals surface area contributed by atoms with Crippen molar-refractivity contribution >= 4 is 11.4 Å². The third-order valence-electron chi connectivity index (χ3n) is 3.47. The predicted molar refractivity (Wildman–Crippen MR) is 80.5 cm³/mol. The molecule has 1 heterocycles. The lowest BCUT2D eigenvalue weighted by Crippen LogP contribution is -2.09. The smallest absolute Gasteiger partial charge is 0.292 e. The van der Waals surface area contributed by atoms with E-state index in [0.29, 0.717) is 24.8 Å². The van der Waals surface area contributed by atoms with Crippen LogP contribution in [0.15, 0.2) is 18.2 Å². The first-order chi connectivity index (χ1) is 10.2. The predicted octanol–water partition coefficient (Wildman–Crippen LogP) is 2.97. The highest BCUT2D eigenvalue weighted by Crippen LogP contribution is 2.26. The van der Waals surface area contributed by atoms with Crippen LogP contribution in [0.1, 0.15) is 25.3 Å². The SMILES string of the molecule is CCCNc1ccc(COCC2CCOC2)cc1[N+](=O)[O-]. The van der Waals surface area contributed by atoms with Crippen LogP contribution in [-0.4, -0.2) is 31.3 Å². The summed E-state index contributed by atoms with van der Waals surface area (Å²) in [6.07, 6.45) is 1.95. The lowest BCUT2D eigenvalue weighted by molar-refractivity contribution is -0.384. The van der Waals surface area contributed by atoms with Gasteiger partial charge < -0.3 is 14.8 Å². The molecule has 0 aromatic heterocycles. The normalized spacial score (nSPS) is 17.9. The Morgan fingerprint density at radius 1 is 1.52 bits per heavy atom. The van der Waals surface area contributed by atoms with Gasteiger partial charge in [-0.15, -0.1) is 0 Å². The van der Waals surface area contributed by atoms with Crippen molar-refractivity contribution < 1.29 is 14.4 Å². The molecule has 0 bridgehead atoms. The van der Waals surface area contributed by atoms with Crippen molar-refractivity contribution in [3.8, 4) is 0 Å². The molecule has 1 atom stereocenters. The minimum Gasteiger partial charge on any atom is -0.381 e. The van der Waals surface area contributed by atoms with Gasteiger partial charge >= 0.3 is 0 Å². The molecule has 6 nitrogen and oxygen atoms in total. The number of rotatable bonds is 8. The Hall–Kier alpha value is -1.66. The zero-order valence-corrected chi connectivity index (χ0v) is 12.3. The van der Waals surface area contributed by atoms with E-state index in [-0.39, 0.29) is 10.6 Å². The largest absolute Gasteiger partial charge is 0.381 e. The molecule has 0 spiro atoms. The Balaban J connectivity index is 1.93.